The second kappa shape index (κ2) is 911. The predicted molar refractivity (Wildman–Crippen MR) is 41.9 cm³/mol. The van der Waals surface area contributed by atoms with Crippen LogP contribution in [0.5, 0.6) is 0 Å². The molecule has 0 aromatic rings. The highest BCUT2D eigenvalue weighted by Gasteiger charge is -0.363. The molecule has 0 spiro atoms. The lowest BCUT2D eigenvalue weighted by atomic mass is 14.0. The van der Waals surface area contributed by atoms with Crippen LogP contribution >= 0.6 is 0 Å². The standard InChI is InChI=1S/7ClH.7H3N/h7*1H;7*1H3. The summed E-state index contributed by atoms with van der Waals surface area (Å²) in [7, 11) is 0. The van der Waals surface area contributed by atoms with Gasteiger partial charge in [-0.05, 0) is 0 Å². The maximum atomic E-state index is 0. The second-order valence-corrected chi connectivity index (χ2v) is 0. The minimum Gasteiger partial charge on any atom is -1.00 e. The van der Waals surface area contributed by atoms with Crippen LogP contribution in [0.2, 0.25) is 0 Å². The van der Waals surface area contributed by atoms with Gasteiger partial charge in [0.05, 0.1) is 0 Å². The monoisotopic (exact) mass is 371 g/mol. The normalized spacial score (nSPS) is 0. The van der Waals surface area contributed by atoms with Gasteiger partial charge in [-0.25, -0.2) is 0 Å². The molecule has 28 N–H and O–H groups in total. The molecule has 14 heteroatoms. The van der Waals surface area contributed by atoms with Crippen LogP contribution in [0.1, 0.15) is 0 Å². The number of quaternary nitrogens is 7. The van der Waals surface area contributed by atoms with Crippen molar-refractivity contribution in [1.82, 2.24) is 43.1 Å². The highest BCUT2D eigenvalue weighted by molar-refractivity contribution is 2.14. The Kier molecular flexibility index (Phi) is 72800. The molecular weight excluding hydrogens is 346 g/mol. The molecule has 0 saturated carbocycles. The molecule has 0 aromatic heterocycles. The number of hydrogen-bond acceptors (Lipinski definition) is 0. The molecule has 0 amide bonds. The predicted octanol–water partition coefficient (Wildman–Crippen LogP) is -18.3. The largest absolute Gasteiger partial charge is 1.00 e. The summed E-state index contributed by atoms with van der Waals surface area (Å²) in [5.41, 5.74) is 0. The zero-order valence-electron chi connectivity index (χ0n) is 9.65. The summed E-state index contributed by atoms with van der Waals surface area (Å²) >= 11 is 0. The molecule has 0 aliphatic carbocycles. The van der Waals surface area contributed by atoms with Gasteiger partial charge in [-0.2, -0.15) is 0 Å². The summed E-state index contributed by atoms with van der Waals surface area (Å²) < 4.78 is 0. The first kappa shape index (κ1) is 1120. The minimum atomic E-state index is 0. The van der Waals surface area contributed by atoms with E-state index in [4.69, 9.17) is 0 Å². The van der Waals surface area contributed by atoms with Crippen LogP contribution in [-0.2, 0) is 0 Å². The van der Waals surface area contributed by atoms with Crippen molar-refractivity contribution in [2.45, 2.75) is 0 Å². The first-order valence-corrected chi connectivity index (χ1v) is 0. The third kappa shape index (κ3) is 730. The molecule has 0 radical (unpaired) electrons. The van der Waals surface area contributed by atoms with Crippen LogP contribution in [0.25, 0.3) is 0 Å². The summed E-state index contributed by atoms with van der Waals surface area (Å²) in [6.45, 7) is 0. The zero-order valence-corrected chi connectivity index (χ0v) is 14.9. The van der Waals surface area contributed by atoms with E-state index < -0.39 is 0 Å². The lowest BCUT2D eigenvalue weighted by Gasteiger charge is -1.00. The van der Waals surface area contributed by atoms with Crippen LogP contribution in [0.15, 0.2) is 0 Å². The summed E-state index contributed by atoms with van der Waals surface area (Å²) in [4.78, 5) is 0. The molecule has 0 aliphatic heterocycles. The van der Waals surface area contributed by atoms with Crippen molar-refractivity contribution < 1.29 is 86.8 Å². The summed E-state index contributed by atoms with van der Waals surface area (Å²) in [6.07, 6.45) is 0. The topological polar surface area (TPSA) is 256 Å². The molecule has 0 aromatic carbocycles. The minimum absolute atomic E-state index is 0. The van der Waals surface area contributed by atoms with Crippen molar-refractivity contribution >= 4 is 0 Å². The summed E-state index contributed by atoms with van der Waals surface area (Å²) in [5.74, 6) is 0. The van der Waals surface area contributed by atoms with E-state index in [9.17, 15) is 0 Å². The van der Waals surface area contributed by atoms with Gasteiger partial charge in [0, 0.05) is 0 Å². The van der Waals surface area contributed by atoms with Crippen LogP contribution in [0.3, 0.4) is 0 Å². The van der Waals surface area contributed by atoms with E-state index in [1.54, 1.807) is 0 Å². The zero-order chi connectivity index (χ0) is 0. The van der Waals surface area contributed by atoms with Gasteiger partial charge in [-0.3, -0.25) is 0 Å². The molecule has 0 unspecified atom stereocenters. The van der Waals surface area contributed by atoms with Gasteiger partial charge in [-0.1, -0.05) is 0 Å². The lowest BCUT2D eigenvalue weighted by molar-refractivity contribution is -0.00100. The molecule has 14 heavy (non-hydrogen) atoms. The van der Waals surface area contributed by atoms with E-state index in [0.717, 1.165) is 0 Å². The average molecular weight is 374 g/mol. The Morgan fingerprint density at radius 2 is 0.143 bits per heavy atom. The van der Waals surface area contributed by atoms with E-state index in [0.29, 0.717) is 0 Å². The van der Waals surface area contributed by atoms with Crippen molar-refractivity contribution in [3.05, 3.63) is 0 Å². The SMILES string of the molecule is [Cl-].[Cl-].[Cl-].[Cl-].[Cl-].[Cl-].[Cl-].[NH4+].[NH4+].[NH4+].[NH4+].[NH4+].[NH4+].[NH4+]. The number of hydrogen-bond donors (Lipinski definition) is 7. The molecule has 0 fully saturated rings. The first-order valence-electron chi connectivity index (χ1n) is 0. The molecule has 0 atom stereocenters. The van der Waals surface area contributed by atoms with Crippen LogP contribution in [-0.4, -0.2) is 0 Å². The molecule has 7 nitrogen and oxygen atoms in total. The Morgan fingerprint density at radius 3 is 0.143 bits per heavy atom. The van der Waals surface area contributed by atoms with Crippen molar-refractivity contribution in [3.63, 3.8) is 0 Å². The molecule has 0 aliphatic rings. The molecule has 0 saturated heterocycles. The van der Waals surface area contributed by atoms with Crippen molar-refractivity contribution in [1.29, 1.82) is 0 Å². The molecule has 112 valence electrons. The quantitative estimate of drug-likeness (QED) is 0.208. The van der Waals surface area contributed by atoms with E-state index >= 15 is 0 Å². The van der Waals surface area contributed by atoms with Crippen molar-refractivity contribution in [2.75, 3.05) is 0 Å². The maximum absolute atomic E-state index is 0. The number of halogens is 7. The highest BCUT2D eigenvalue weighted by Crippen LogP contribution is -0.475. The van der Waals surface area contributed by atoms with Crippen LogP contribution in [0, 0.1) is 0 Å². The Balaban J connectivity index is 0. The van der Waals surface area contributed by atoms with Crippen LogP contribution in [0.4, 0.5) is 0 Å². The van der Waals surface area contributed by atoms with Gasteiger partial charge in [0.2, 0.25) is 0 Å². The summed E-state index contributed by atoms with van der Waals surface area (Å²) in [5, 5.41) is 0. The Morgan fingerprint density at radius 1 is 0.143 bits per heavy atom. The van der Waals surface area contributed by atoms with E-state index in [1.807, 2.05) is 0 Å². The van der Waals surface area contributed by atoms with Crippen LogP contribution < -0.4 is 130 Å². The fourth-order valence-electron chi connectivity index (χ4n) is 0. The third-order valence-corrected chi connectivity index (χ3v) is 0. The van der Waals surface area contributed by atoms with Gasteiger partial charge in [0.1, 0.15) is 0 Å². The van der Waals surface area contributed by atoms with Gasteiger partial charge in [-0.15, -0.1) is 0 Å². The molecular formula is H28Cl7N7. The Hall–Kier alpha value is 1.75. The van der Waals surface area contributed by atoms with Crippen molar-refractivity contribution in [3.8, 4) is 0 Å². The fraction of sp³-hybridized carbons (Fsp3) is 0. The van der Waals surface area contributed by atoms with Gasteiger partial charge >= 0.3 is 0 Å². The average Bonchev–Trinajstić information content (AvgIpc) is 0. The maximum Gasteiger partial charge on any atom is -0.369 e. The van der Waals surface area contributed by atoms with Crippen molar-refractivity contribution in [2.24, 2.45) is 0 Å². The van der Waals surface area contributed by atoms with Gasteiger partial charge in [0.15, 0.2) is 0 Å². The Labute approximate surface area is 129 Å². The molecule has 0 bridgehead atoms. The van der Waals surface area contributed by atoms with E-state index in [2.05, 4.69) is 0 Å². The van der Waals surface area contributed by atoms with E-state index in [-0.39, 0.29) is 130 Å². The molecule has 0 heterocycles. The lowest BCUT2D eigenvalue weighted by Crippen LogP contribution is -3.00. The fourth-order valence-corrected chi connectivity index (χ4v) is 0. The summed E-state index contributed by atoms with van der Waals surface area (Å²) in [6, 6.07) is 0. The highest BCUT2D eigenvalue weighted by atomic mass is 35.5. The smallest absolute Gasteiger partial charge is 0.369 e. The number of rotatable bonds is 0. The third-order valence-electron chi connectivity index (χ3n) is 0. The van der Waals surface area contributed by atoms with Gasteiger partial charge in [0.25, 0.3) is 0 Å². The van der Waals surface area contributed by atoms with Gasteiger partial charge < -0.3 is 130 Å². The second-order valence-electron chi connectivity index (χ2n) is 0. The first-order chi connectivity index (χ1) is 0. The molecule has 0 rings (SSSR count). The van der Waals surface area contributed by atoms with E-state index in [1.165, 1.54) is 0 Å². The Bertz CT molecular complexity index is 14.0.